The van der Waals surface area contributed by atoms with Gasteiger partial charge in [-0.3, -0.25) is 4.98 Å². The molecule has 2 aromatic carbocycles. The molecule has 25 heavy (non-hydrogen) atoms. The van der Waals surface area contributed by atoms with E-state index in [0.717, 1.165) is 22.3 Å². The van der Waals surface area contributed by atoms with E-state index in [1.54, 1.807) is 30.5 Å². The molecule has 0 saturated carbocycles. The average molecular weight is 408 g/mol. The van der Waals surface area contributed by atoms with Crippen LogP contribution in [0.15, 0.2) is 48.7 Å². The molecule has 0 spiro atoms. The summed E-state index contributed by atoms with van der Waals surface area (Å²) in [5, 5.41) is 11.0. The third kappa shape index (κ3) is 3.92. The maximum absolute atomic E-state index is 8.98. The second kappa shape index (κ2) is 7.64. The van der Waals surface area contributed by atoms with Crippen LogP contribution in [0.25, 0.3) is 22.4 Å². The molecular weight excluding hydrogens is 398 g/mol. The van der Waals surface area contributed by atoms with Gasteiger partial charge in [0.2, 0.25) is 0 Å². The monoisotopic (exact) mass is 406 g/mol. The number of pyridine rings is 1. The molecule has 1 aromatic heterocycles. The van der Waals surface area contributed by atoms with Gasteiger partial charge in [-0.1, -0.05) is 52.5 Å². The van der Waals surface area contributed by atoms with Crippen molar-refractivity contribution in [1.29, 1.82) is 5.26 Å². The van der Waals surface area contributed by atoms with Crippen molar-refractivity contribution in [2.75, 3.05) is 0 Å². The van der Waals surface area contributed by atoms with Gasteiger partial charge in [0.25, 0.3) is 0 Å². The molecule has 0 radical (unpaired) electrons. The number of rotatable bonds is 3. The van der Waals surface area contributed by atoms with Crippen molar-refractivity contribution in [1.82, 2.24) is 4.98 Å². The Hall–Kier alpha value is -1.76. The number of nitriles is 1. The van der Waals surface area contributed by atoms with Gasteiger partial charge in [-0.2, -0.15) is 5.26 Å². The van der Waals surface area contributed by atoms with Gasteiger partial charge < -0.3 is 0 Å². The van der Waals surface area contributed by atoms with Crippen molar-refractivity contribution in [3.05, 3.63) is 74.3 Å². The minimum atomic E-state index is 0.250. The van der Waals surface area contributed by atoms with Gasteiger partial charge in [0.15, 0.2) is 0 Å². The molecule has 3 aromatic rings. The molecule has 2 nitrogen and oxygen atoms in total. The Balaban J connectivity index is 2.27. The fourth-order valence-corrected chi connectivity index (χ4v) is 3.51. The van der Waals surface area contributed by atoms with E-state index in [-0.39, 0.29) is 6.42 Å². The number of hydrogen-bond donors (Lipinski definition) is 0. The van der Waals surface area contributed by atoms with Crippen LogP contribution in [0.3, 0.4) is 0 Å². The number of hydrogen-bond acceptors (Lipinski definition) is 2. The molecule has 1 heterocycles. The predicted octanol–water partition coefficient (Wildman–Crippen LogP) is 7.10. The Morgan fingerprint density at radius 1 is 0.800 bits per heavy atom. The summed E-state index contributed by atoms with van der Waals surface area (Å²) in [6.45, 7) is 0. The molecule has 0 unspecified atom stereocenters. The van der Waals surface area contributed by atoms with Crippen molar-refractivity contribution in [2.24, 2.45) is 0 Å². The Kier molecular flexibility index (Phi) is 5.51. The van der Waals surface area contributed by atoms with Crippen LogP contribution >= 0.6 is 46.4 Å². The van der Waals surface area contributed by atoms with Crippen molar-refractivity contribution >= 4 is 46.4 Å². The molecule has 0 N–H and O–H groups in total. The van der Waals surface area contributed by atoms with E-state index in [0.29, 0.717) is 25.8 Å². The zero-order valence-electron chi connectivity index (χ0n) is 12.7. The summed E-state index contributed by atoms with van der Waals surface area (Å²) < 4.78 is 0. The summed E-state index contributed by atoms with van der Waals surface area (Å²) in [5.74, 6) is 0. The predicted molar refractivity (Wildman–Crippen MR) is 104 cm³/mol. The maximum atomic E-state index is 8.98. The van der Waals surface area contributed by atoms with E-state index in [1.807, 2.05) is 18.2 Å². The molecule has 124 valence electrons. The van der Waals surface area contributed by atoms with Crippen molar-refractivity contribution < 1.29 is 0 Å². The normalized spacial score (nSPS) is 10.5. The van der Waals surface area contributed by atoms with Gasteiger partial charge in [0.1, 0.15) is 0 Å². The summed E-state index contributed by atoms with van der Waals surface area (Å²) in [5.41, 5.74) is 3.72. The SMILES string of the molecule is N#CCc1cnc(-c2ccc(Cl)cc2Cl)c(-c2ccc(Cl)cc2Cl)c1. The van der Waals surface area contributed by atoms with Gasteiger partial charge in [0, 0.05) is 38.0 Å². The Morgan fingerprint density at radius 3 is 1.96 bits per heavy atom. The van der Waals surface area contributed by atoms with Crippen LogP contribution < -0.4 is 0 Å². The molecule has 0 aliphatic carbocycles. The van der Waals surface area contributed by atoms with Crippen LogP contribution in [0.1, 0.15) is 5.56 Å². The van der Waals surface area contributed by atoms with Gasteiger partial charge in [-0.05, 0) is 42.0 Å². The summed E-state index contributed by atoms with van der Waals surface area (Å²) >= 11 is 24.7. The lowest BCUT2D eigenvalue weighted by atomic mass is 9.97. The standard InChI is InChI=1S/C19H10Cl4N2/c20-12-1-3-14(17(22)8-12)16-7-11(5-6-24)10-25-19(16)15-4-2-13(21)9-18(15)23/h1-4,7-10H,5H2. The second-order valence-corrected chi connectivity index (χ2v) is 7.01. The topological polar surface area (TPSA) is 36.7 Å². The highest BCUT2D eigenvalue weighted by atomic mass is 35.5. The number of halogens is 4. The minimum absolute atomic E-state index is 0.250. The second-order valence-electron chi connectivity index (χ2n) is 5.32. The van der Waals surface area contributed by atoms with Crippen LogP contribution in [0, 0.1) is 11.3 Å². The van der Waals surface area contributed by atoms with Crippen LogP contribution in [0.5, 0.6) is 0 Å². The van der Waals surface area contributed by atoms with Crippen molar-refractivity contribution in [3.8, 4) is 28.5 Å². The number of benzene rings is 2. The minimum Gasteiger partial charge on any atom is -0.255 e. The number of nitrogens with zero attached hydrogens (tertiary/aromatic N) is 2. The Labute approximate surface area is 165 Å². The fourth-order valence-electron chi connectivity index (χ4n) is 2.51. The first-order chi connectivity index (χ1) is 12.0. The number of aromatic nitrogens is 1. The molecule has 0 atom stereocenters. The molecule has 6 heteroatoms. The summed E-state index contributed by atoms with van der Waals surface area (Å²) in [6.07, 6.45) is 1.91. The van der Waals surface area contributed by atoms with Gasteiger partial charge in [0.05, 0.1) is 23.2 Å². The van der Waals surface area contributed by atoms with E-state index in [1.165, 1.54) is 0 Å². The van der Waals surface area contributed by atoms with E-state index < -0.39 is 0 Å². The Morgan fingerprint density at radius 2 is 1.40 bits per heavy atom. The van der Waals surface area contributed by atoms with Crippen molar-refractivity contribution in [2.45, 2.75) is 6.42 Å². The van der Waals surface area contributed by atoms with E-state index >= 15 is 0 Å². The molecule has 0 amide bonds. The lowest BCUT2D eigenvalue weighted by Crippen LogP contribution is -1.94. The first-order valence-electron chi connectivity index (χ1n) is 7.26. The molecule has 0 saturated heterocycles. The van der Waals surface area contributed by atoms with Crippen molar-refractivity contribution in [3.63, 3.8) is 0 Å². The van der Waals surface area contributed by atoms with Crippen LogP contribution in [-0.4, -0.2) is 4.98 Å². The molecular formula is C19H10Cl4N2. The van der Waals surface area contributed by atoms with Gasteiger partial charge in [-0.15, -0.1) is 0 Å². The van der Waals surface area contributed by atoms with Gasteiger partial charge in [-0.25, -0.2) is 0 Å². The zero-order valence-corrected chi connectivity index (χ0v) is 15.8. The van der Waals surface area contributed by atoms with E-state index in [9.17, 15) is 0 Å². The molecule has 0 fully saturated rings. The van der Waals surface area contributed by atoms with Crippen LogP contribution in [0.4, 0.5) is 0 Å². The molecule has 0 aliphatic heterocycles. The highest BCUT2D eigenvalue weighted by molar-refractivity contribution is 6.37. The first-order valence-corrected chi connectivity index (χ1v) is 8.77. The molecule has 0 aliphatic rings. The quantitative estimate of drug-likeness (QED) is 0.464. The third-order valence-electron chi connectivity index (χ3n) is 3.64. The van der Waals surface area contributed by atoms with Gasteiger partial charge >= 0.3 is 0 Å². The molecule has 3 rings (SSSR count). The maximum Gasteiger partial charge on any atom is 0.0796 e. The fraction of sp³-hybridized carbons (Fsp3) is 0.0526. The zero-order chi connectivity index (χ0) is 18.0. The van der Waals surface area contributed by atoms with E-state index in [4.69, 9.17) is 51.7 Å². The average Bonchev–Trinajstić information content (AvgIpc) is 2.56. The smallest absolute Gasteiger partial charge is 0.0796 e. The lowest BCUT2D eigenvalue weighted by molar-refractivity contribution is 1.19. The highest BCUT2D eigenvalue weighted by Crippen LogP contribution is 2.39. The summed E-state index contributed by atoms with van der Waals surface area (Å²) in [7, 11) is 0. The third-order valence-corrected chi connectivity index (χ3v) is 4.73. The van der Waals surface area contributed by atoms with Crippen LogP contribution in [0.2, 0.25) is 20.1 Å². The first kappa shape index (κ1) is 18.0. The van der Waals surface area contributed by atoms with Crippen LogP contribution in [-0.2, 0) is 6.42 Å². The lowest BCUT2D eigenvalue weighted by Gasteiger charge is -2.13. The summed E-state index contributed by atoms with van der Waals surface area (Å²) in [6, 6.07) is 14.5. The summed E-state index contributed by atoms with van der Waals surface area (Å²) in [4.78, 5) is 4.53. The molecule has 0 bridgehead atoms. The van der Waals surface area contributed by atoms with E-state index in [2.05, 4.69) is 11.1 Å². The Bertz CT molecular complexity index is 993. The highest BCUT2D eigenvalue weighted by Gasteiger charge is 2.16. The largest absolute Gasteiger partial charge is 0.255 e.